The zero-order chi connectivity index (χ0) is 13.7. The zero-order valence-electron chi connectivity index (χ0n) is 11.4. The molecule has 0 unspecified atom stereocenters. The molecule has 1 heterocycles. The molecule has 0 aliphatic heterocycles. The van der Waals surface area contributed by atoms with Gasteiger partial charge >= 0.3 is 0 Å². The molecule has 2 rings (SSSR count). The van der Waals surface area contributed by atoms with E-state index in [0.29, 0.717) is 12.2 Å². The highest BCUT2D eigenvalue weighted by atomic mass is 16.2. The summed E-state index contributed by atoms with van der Waals surface area (Å²) in [7, 11) is 0. The van der Waals surface area contributed by atoms with Gasteiger partial charge in [-0.15, -0.1) is 0 Å². The monoisotopic (exact) mass is 262 g/mol. The fourth-order valence-electron chi connectivity index (χ4n) is 2.68. The minimum absolute atomic E-state index is 0.193. The number of aromatic nitrogens is 1. The smallest absolute Gasteiger partial charge is 0.267 e. The van der Waals surface area contributed by atoms with E-state index in [9.17, 15) is 9.59 Å². The number of carbonyl (C=O) groups is 1. The molecule has 104 valence electrons. The number of pyridine rings is 1. The Morgan fingerprint density at radius 3 is 2.74 bits per heavy atom. The molecule has 0 radical (unpaired) electrons. The summed E-state index contributed by atoms with van der Waals surface area (Å²) in [5, 5.41) is 2.88. The Bertz CT molecular complexity index is 473. The maximum Gasteiger partial charge on any atom is 0.267 e. The van der Waals surface area contributed by atoms with Crippen LogP contribution in [0.25, 0.3) is 0 Å². The molecule has 4 heteroatoms. The van der Waals surface area contributed by atoms with Crippen LogP contribution < -0.4 is 10.9 Å². The predicted octanol–water partition coefficient (Wildman–Crippen LogP) is 2.32. The lowest BCUT2D eigenvalue weighted by molar-refractivity contribution is 0.0944. The lowest BCUT2D eigenvalue weighted by atomic mass is 9.81. The first-order valence-corrected chi connectivity index (χ1v) is 7.12. The molecule has 0 spiro atoms. The molecule has 4 nitrogen and oxygen atoms in total. The maximum absolute atomic E-state index is 11.8. The molecule has 0 saturated heterocycles. The van der Waals surface area contributed by atoms with E-state index >= 15 is 0 Å². The lowest BCUT2D eigenvalue weighted by Gasteiger charge is -2.26. The Labute approximate surface area is 113 Å². The number of carbonyl (C=O) groups excluding carboxylic acids is 1. The number of amides is 1. The van der Waals surface area contributed by atoms with Crippen molar-refractivity contribution in [2.24, 2.45) is 11.8 Å². The van der Waals surface area contributed by atoms with Gasteiger partial charge in [0.25, 0.3) is 5.91 Å². The molecular weight excluding hydrogens is 240 g/mol. The molecule has 0 bridgehead atoms. The van der Waals surface area contributed by atoms with E-state index in [1.807, 2.05) is 0 Å². The molecule has 0 atom stereocenters. The van der Waals surface area contributed by atoms with Crippen molar-refractivity contribution in [3.05, 3.63) is 34.2 Å². The second-order valence-corrected chi connectivity index (χ2v) is 5.60. The first-order valence-electron chi connectivity index (χ1n) is 7.12. The van der Waals surface area contributed by atoms with Crippen LogP contribution in [0, 0.1) is 11.8 Å². The van der Waals surface area contributed by atoms with Crippen LogP contribution in [0.5, 0.6) is 0 Å². The quantitative estimate of drug-likeness (QED) is 0.874. The van der Waals surface area contributed by atoms with Gasteiger partial charge in [0.05, 0.1) is 0 Å². The van der Waals surface area contributed by atoms with Crippen LogP contribution in [-0.4, -0.2) is 17.4 Å². The standard InChI is InChI=1S/C15H22N2O2/c1-11-5-7-12(8-6-11)9-10-16-15(19)13-3-2-4-14(18)17-13/h2-4,11-12H,5-10H2,1H3,(H,16,19)(H,17,18). The fraction of sp³-hybridized carbons (Fsp3) is 0.600. The third-order valence-electron chi connectivity index (χ3n) is 3.99. The van der Waals surface area contributed by atoms with Gasteiger partial charge in [-0.3, -0.25) is 9.59 Å². The van der Waals surface area contributed by atoms with Crippen molar-refractivity contribution in [2.45, 2.75) is 39.0 Å². The van der Waals surface area contributed by atoms with E-state index in [1.165, 1.54) is 31.7 Å². The van der Waals surface area contributed by atoms with Gasteiger partial charge in [-0.2, -0.15) is 0 Å². The van der Waals surface area contributed by atoms with Crippen LogP contribution in [0.2, 0.25) is 0 Å². The van der Waals surface area contributed by atoms with E-state index in [-0.39, 0.29) is 11.5 Å². The van der Waals surface area contributed by atoms with Crippen LogP contribution in [-0.2, 0) is 0 Å². The number of nitrogens with one attached hydrogen (secondary N) is 2. The van der Waals surface area contributed by atoms with E-state index in [0.717, 1.165) is 18.3 Å². The summed E-state index contributed by atoms with van der Waals surface area (Å²) in [6.45, 7) is 3.00. The number of rotatable bonds is 4. The predicted molar refractivity (Wildman–Crippen MR) is 75.1 cm³/mol. The van der Waals surface area contributed by atoms with Crippen molar-refractivity contribution in [1.82, 2.24) is 10.3 Å². The Hall–Kier alpha value is -1.58. The van der Waals surface area contributed by atoms with E-state index in [2.05, 4.69) is 17.2 Å². The molecule has 2 N–H and O–H groups in total. The van der Waals surface area contributed by atoms with Crippen molar-refractivity contribution >= 4 is 5.91 Å². The second-order valence-electron chi connectivity index (χ2n) is 5.60. The summed E-state index contributed by atoms with van der Waals surface area (Å²) < 4.78 is 0. The van der Waals surface area contributed by atoms with Gasteiger partial charge in [0, 0.05) is 12.6 Å². The Kier molecular flexibility index (Phi) is 4.77. The highest BCUT2D eigenvalue weighted by Gasteiger charge is 2.18. The van der Waals surface area contributed by atoms with Gasteiger partial charge in [0.15, 0.2) is 0 Å². The van der Waals surface area contributed by atoms with Gasteiger partial charge in [-0.05, 0) is 24.3 Å². The number of aromatic amines is 1. The number of hydrogen-bond acceptors (Lipinski definition) is 2. The van der Waals surface area contributed by atoms with Crippen LogP contribution in [0.1, 0.15) is 49.5 Å². The zero-order valence-corrected chi connectivity index (χ0v) is 11.4. The molecule has 1 amide bonds. The average Bonchev–Trinajstić information content (AvgIpc) is 2.41. The van der Waals surface area contributed by atoms with Gasteiger partial charge in [-0.1, -0.05) is 38.7 Å². The third-order valence-corrected chi connectivity index (χ3v) is 3.99. The van der Waals surface area contributed by atoms with Gasteiger partial charge in [0.1, 0.15) is 5.69 Å². The minimum Gasteiger partial charge on any atom is -0.351 e. The first kappa shape index (κ1) is 13.8. The lowest BCUT2D eigenvalue weighted by Crippen LogP contribution is -2.28. The largest absolute Gasteiger partial charge is 0.351 e. The summed E-state index contributed by atoms with van der Waals surface area (Å²) in [6.07, 6.45) is 6.21. The summed E-state index contributed by atoms with van der Waals surface area (Å²) in [6, 6.07) is 4.62. The normalized spacial score (nSPS) is 23.0. The highest BCUT2D eigenvalue weighted by molar-refractivity contribution is 5.92. The van der Waals surface area contributed by atoms with Gasteiger partial charge in [-0.25, -0.2) is 0 Å². The topological polar surface area (TPSA) is 62.0 Å². The van der Waals surface area contributed by atoms with Crippen molar-refractivity contribution in [1.29, 1.82) is 0 Å². The number of H-pyrrole nitrogens is 1. The van der Waals surface area contributed by atoms with Crippen LogP contribution >= 0.6 is 0 Å². The SMILES string of the molecule is CC1CCC(CCNC(=O)c2cccc(=O)[nH]2)CC1. The molecular formula is C15H22N2O2. The molecule has 0 aromatic carbocycles. The maximum atomic E-state index is 11.8. The molecule has 19 heavy (non-hydrogen) atoms. The second kappa shape index (κ2) is 6.55. The molecule has 1 fully saturated rings. The van der Waals surface area contributed by atoms with Crippen molar-refractivity contribution in [2.75, 3.05) is 6.54 Å². The van der Waals surface area contributed by atoms with E-state index in [1.54, 1.807) is 12.1 Å². The molecule has 1 aromatic heterocycles. The molecule has 1 saturated carbocycles. The summed E-state index contributed by atoms with van der Waals surface area (Å²) in [5.74, 6) is 1.41. The molecule has 1 aromatic rings. The van der Waals surface area contributed by atoms with Crippen LogP contribution in [0.15, 0.2) is 23.0 Å². The van der Waals surface area contributed by atoms with Gasteiger partial charge < -0.3 is 10.3 Å². The number of hydrogen-bond donors (Lipinski definition) is 2. The van der Waals surface area contributed by atoms with Crippen molar-refractivity contribution in [3.63, 3.8) is 0 Å². The van der Waals surface area contributed by atoms with Crippen LogP contribution in [0.4, 0.5) is 0 Å². The summed E-state index contributed by atoms with van der Waals surface area (Å²) in [5.41, 5.74) is 0.0960. The Morgan fingerprint density at radius 2 is 2.05 bits per heavy atom. The van der Waals surface area contributed by atoms with Crippen molar-refractivity contribution < 1.29 is 4.79 Å². The Morgan fingerprint density at radius 1 is 1.32 bits per heavy atom. The average molecular weight is 262 g/mol. The minimum atomic E-state index is -0.242. The van der Waals surface area contributed by atoms with E-state index < -0.39 is 0 Å². The Balaban J connectivity index is 1.74. The van der Waals surface area contributed by atoms with Crippen LogP contribution in [0.3, 0.4) is 0 Å². The third kappa shape index (κ3) is 4.23. The van der Waals surface area contributed by atoms with Gasteiger partial charge in [0.2, 0.25) is 5.56 Å². The highest BCUT2D eigenvalue weighted by Crippen LogP contribution is 2.29. The van der Waals surface area contributed by atoms with E-state index in [4.69, 9.17) is 0 Å². The first-order chi connectivity index (χ1) is 9.15. The summed E-state index contributed by atoms with van der Waals surface area (Å²) in [4.78, 5) is 25.5. The molecule has 1 aliphatic rings. The fourth-order valence-corrected chi connectivity index (χ4v) is 2.68. The molecule has 1 aliphatic carbocycles. The summed E-state index contributed by atoms with van der Waals surface area (Å²) >= 11 is 0. The van der Waals surface area contributed by atoms with Crippen molar-refractivity contribution in [3.8, 4) is 0 Å².